The van der Waals surface area contributed by atoms with Crippen LogP contribution in [0.15, 0.2) is 162 Å². The van der Waals surface area contributed by atoms with Crippen molar-refractivity contribution in [2.24, 2.45) is 0 Å². The third-order valence-corrected chi connectivity index (χ3v) is 15.5. The molecule has 3 heterocycles. The number of benzene rings is 7. The van der Waals surface area contributed by atoms with Gasteiger partial charge in [0.05, 0.1) is 30.5 Å². The summed E-state index contributed by atoms with van der Waals surface area (Å²) < 4.78 is 9.32. The van der Waals surface area contributed by atoms with Gasteiger partial charge in [0.15, 0.2) is 0 Å². The summed E-state index contributed by atoms with van der Waals surface area (Å²) in [4.78, 5) is 9.84. The molecule has 7 aromatic carbocycles. The molecule has 6 heteroatoms. The molecule has 0 amide bonds. The molecule has 65 heavy (non-hydrogen) atoms. The Labute approximate surface area is 396 Å². The SMILES string of the molecule is CC(C)c1cccc(C(C)C)c1-n1c(-c2[c-]ccc3c2oc2cc4c(cc23)C2c3ccccc3C4c3ccccc32)nc2ccccc21.C[Si](C)(C)c1ccc(-c2[c-]cccc2)nc1.[Ir]. The van der Waals surface area contributed by atoms with Crippen molar-refractivity contribution < 1.29 is 24.5 Å². The van der Waals surface area contributed by atoms with Gasteiger partial charge in [-0.05, 0) is 91.5 Å². The van der Waals surface area contributed by atoms with E-state index in [1.165, 1.54) is 55.4 Å². The predicted molar refractivity (Wildman–Crippen MR) is 267 cm³/mol. The fourth-order valence-electron chi connectivity index (χ4n) is 10.3. The Hall–Kier alpha value is -6.17. The summed E-state index contributed by atoms with van der Waals surface area (Å²) in [5.41, 5.74) is 19.0. The molecule has 4 nitrogen and oxygen atoms in total. The van der Waals surface area contributed by atoms with Crippen molar-refractivity contribution >= 4 is 46.2 Å². The molecule has 0 saturated heterocycles. The maximum absolute atomic E-state index is 6.95. The largest absolute Gasteiger partial charge is 0.501 e. The van der Waals surface area contributed by atoms with Crippen molar-refractivity contribution in [1.82, 2.24) is 14.5 Å². The van der Waals surface area contributed by atoms with Gasteiger partial charge in [0.25, 0.3) is 0 Å². The number of hydrogen-bond acceptors (Lipinski definition) is 3. The molecule has 0 saturated carbocycles. The minimum Gasteiger partial charge on any atom is -0.501 e. The predicted octanol–water partition coefficient (Wildman–Crippen LogP) is 14.7. The molecule has 10 aromatic rings. The summed E-state index contributed by atoms with van der Waals surface area (Å²) in [5, 5.41) is 3.64. The fraction of sp³-hybridized carbons (Fsp3) is 0.186. The van der Waals surface area contributed by atoms with Gasteiger partial charge < -0.3 is 14.0 Å². The second-order valence-corrected chi connectivity index (χ2v) is 24.2. The van der Waals surface area contributed by atoms with Crippen LogP contribution >= 0.6 is 0 Å². The van der Waals surface area contributed by atoms with Gasteiger partial charge in [-0.25, -0.2) is 0 Å². The Kier molecular flexibility index (Phi) is 11.0. The first-order valence-electron chi connectivity index (χ1n) is 22.7. The average molecular weight is 1040 g/mol. The zero-order valence-corrected chi connectivity index (χ0v) is 41.3. The third-order valence-electron chi connectivity index (χ3n) is 13.5. The molecule has 2 bridgehead atoms. The van der Waals surface area contributed by atoms with Crippen LogP contribution in [0.1, 0.15) is 95.9 Å². The summed E-state index contributed by atoms with van der Waals surface area (Å²) in [7, 11) is -1.23. The molecule has 13 rings (SSSR count). The van der Waals surface area contributed by atoms with E-state index >= 15 is 0 Å². The molecule has 3 aliphatic carbocycles. The first-order chi connectivity index (χ1) is 31.1. The van der Waals surface area contributed by atoms with E-state index in [1.807, 2.05) is 36.5 Å². The molecule has 3 aliphatic rings. The van der Waals surface area contributed by atoms with Gasteiger partial charge in [-0.15, -0.1) is 54.1 Å². The van der Waals surface area contributed by atoms with E-state index in [9.17, 15) is 0 Å². The van der Waals surface area contributed by atoms with Gasteiger partial charge >= 0.3 is 0 Å². The topological polar surface area (TPSA) is 43.9 Å². The first kappa shape index (κ1) is 42.8. The van der Waals surface area contributed by atoms with E-state index in [2.05, 4.69) is 190 Å². The van der Waals surface area contributed by atoms with E-state index in [0.29, 0.717) is 11.8 Å². The van der Waals surface area contributed by atoms with Crippen molar-refractivity contribution in [1.29, 1.82) is 0 Å². The van der Waals surface area contributed by atoms with E-state index in [0.717, 1.165) is 55.6 Å². The minimum absolute atomic E-state index is 0. The van der Waals surface area contributed by atoms with Gasteiger partial charge in [0.2, 0.25) is 0 Å². The molecule has 0 unspecified atom stereocenters. The molecule has 0 N–H and O–H groups in total. The maximum atomic E-state index is 6.95. The van der Waals surface area contributed by atoms with Crippen LogP contribution in [0.25, 0.3) is 61.3 Å². The number of nitrogens with zero attached hydrogens (tertiary/aromatic N) is 3. The molecular weight excluding hydrogens is 987 g/mol. The van der Waals surface area contributed by atoms with E-state index in [1.54, 1.807) is 0 Å². The van der Waals surface area contributed by atoms with Crippen molar-refractivity contribution in [2.75, 3.05) is 0 Å². The molecular formula is C59H51IrN3OSi-2. The molecule has 0 atom stereocenters. The van der Waals surface area contributed by atoms with Crippen LogP contribution < -0.4 is 5.19 Å². The average Bonchev–Trinajstić information content (AvgIpc) is 3.89. The van der Waals surface area contributed by atoms with E-state index in [-0.39, 0.29) is 31.9 Å². The van der Waals surface area contributed by atoms with Crippen molar-refractivity contribution in [3.63, 3.8) is 0 Å². The minimum atomic E-state index is -1.23. The molecule has 1 radical (unpaired) electrons. The van der Waals surface area contributed by atoms with Gasteiger partial charge in [0, 0.05) is 49.2 Å². The van der Waals surface area contributed by atoms with Crippen molar-refractivity contribution in [2.45, 2.75) is 71.0 Å². The summed E-state index contributed by atoms with van der Waals surface area (Å²) in [6.45, 7) is 16.1. The standard InChI is InChI=1S/C45H35N2O.C14H16NSi.Ir/c1-25(2)27-17-11-18-28(26(3)4)43(27)47-39-22-10-9-21-38(39)46-45(47)34-20-12-19-33-35-23-36-37(24-40(35)48-44(33)34)42-31-15-7-5-13-29(31)41(36)30-14-6-8-16-32(30)42;1-16(2,3)13-9-10-14(15-11-13)12-7-5-4-6-8-12;/h5-19,21-26,41-42H,1-4H3;4-7,9-11H,1-3H3;/q2*-1;. The molecule has 3 aromatic heterocycles. The third kappa shape index (κ3) is 7.14. The first-order valence-corrected chi connectivity index (χ1v) is 26.2. The molecule has 0 spiro atoms. The fourth-order valence-corrected chi connectivity index (χ4v) is 11.3. The zero-order chi connectivity index (χ0) is 43.9. The normalized spacial score (nSPS) is 14.8. The number of hydrogen-bond donors (Lipinski definition) is 0. The van der Waals surface area contributed by atoms with E-state index in [4.69, 9.17) is 9.40 Å². The number of rotatable bonds is 6. The monoisotopic (exact) mass is 1040 g/mol. The van der Waals surface area contributed by atoms with Gasteiger partial charge in [-0.1, -0.05) is 149 Å². The maximum Gasteiger partial charge on any atom is 0.121 e. The Morgan fingerprint density at radius 1 is 0.600 bits per heavy atom. The van der Waals surface area contributed by atoms with Gasteiger partial charge in [-0.2, -0.15) is 0 Å². The van der Waals surface area contributed by atoms with Crippen LogP contribution in [0, 0.1) is 12.1 Å². The molecule has 0 fully saturated rings. The van der Waals surface area contributed by atoms with Crippen LogP contribution in [0.2, 0.25) is 19.6 Å². The Morgan fingerprint density at radius 3 is 1.80 bits per heavy atom. The number of pyridine rings is 1. The second kappa shape index (κ2) is 16.7. The van der Waals surface area contributed by atoms with E-state index < -0.39 is 8.07 Å². The van der Waals surface area contributed by atoms with Crippen LogP contribution in [0.4, 0.5) is 0 Å². The van der Waals surface area contributed by atoms with Crippen molar-refractivity contribution in [3.05, 3.63) is 214 Å². The van der Waals surface area contributed by atoms with Crippen LogP contribution in [0.3, 0.4) is 0 Å². The summed E-state index contributed by atoms with van der Waals surface area (Å²) in [6, 6.07) is 61.2. The zero-order valence-electron chi connectivity index (χ0n) is 37.9. The number of fused-ring (bicyclic) bond motifs is 4. The van der Waals surface area contributed by atoms with Crippen LogP contribution in [-0.2, 0) is 20.1 Å². The Bertz CT molecular complexity index is 3320. The molecule has 323 valence electrons. The summed E-state index contributed by atoms with van der Waals surface area (Å²) in [5.74, 6) is 1.96. The van der Waals surface area contributed by atoms with Gasteiger partial charge in [-0.3, -0.25) is 4.98 Å². The Balaban J connectivity index is 0.000000249. The van der Waals surface area contributed by atoms with Crippen LogP contribution in [-0.4, -0.2) is 22.6 Å². The number of imidazole rings is 1. The quantitative estimate of drug-likeness (QED) is 0.123. The van der Waals surface area contributed by atoms with Gasteiger partial charge in [0.1, 0.15) is 5.58 Å². The summed E-state index contributed by atoms with van der Waals surface area (Å²) in [6.07, 6.45) is 2.02. The van der Waals surface area contributed by atoms with Crippen molar-refractivity contribution in [3.8, 4) is 28.3 Å². The Morgan fingerprint density at radius 2 is 1.22 bits per heavy atom. The molecule has 0 aliphatic heterocycles. The number of furan rings is 1. The second-order valence-electron chi connectivity index (χ2n) is 19.1. The smallest absolute Gasteiger partial charge is 0.121 e. The number of para-hydroxylation sites is 3. The number of aromatic nitrogens is 3. The van der Waals surface area contributed by atoms with Crippen LogP contribution in [0.5, 0.6) is 0 Å². The summed E-state index contributed by atoms with van der Waals surface area (Å²) >= 11 is 0.